The van der Waals surface area contributed by atoms with E-state index in [2.05, 4.69) is 0 Å². The number of aromatic nitrogens is 1. The maximum absolute atomic E-state index is 13.4. The number of halogens is 2. The first-order valence-corrected chi connectivity index (χ1v) is 12.0. The van der Waals surface area contributed by atoms with Crippen LogP contribution < -0.4 is 0 Å². The van der Waals surface area contributed by atoms with E-state index in [0.29, 0.717) is 11.6 Å². The van der Waals surface area contributed by atoms with E-state index in [1.165, 1.54) is 12.1 Å². The maximum atomic E-state index is 13.4. The molecule has 4 rings (SSSR count). The van der Waals surface area contributed by atoms with Gasteiger partial charge >= 0.3 is 5.97 Å². The van der Waals surface area contributed by atoms with Crippen molar-refractivity contribution < 1.29 is 23.5 Å². The summed E-state index contributed by atoms with van der Waals surface area (Å²) in [4.78, 5) is 38.4. The molecule has 1 fully saturated rings. The van der Waals surface area contributed by atoms with E-state index in [1.54, 1.807) is 12.1 Å². The molecule has 2 aromatic carbocycles. The number of imide groups is 1. The molecule has 0 atom stereocenters. The highest BCUT2D eigenvalue weighted by atomic mass is 35.5. The number of hydrogen-bond acceptors (Lipinski definition) is 5. The van der Waals surface area contributed by atoms with E-state index < -0.39 is 29.5 Å². The Morgan fingerprint density at radius 1 is 1.21 bits per heavy atom. The summed E-state index contributed by atoms with van der Waals surface area (Å²) in [6, 6.07) is 11.9. The molecule has 176 valence electrons. The van der Waals surface area contributed by atoms with Gasteiger partial charge in [0.2, 0.25) is 0 Å². The predicted molar refractivity (Wildman–Crippen MR) is 131 cm³/mol. The zero-order valence-corrected chi connectivity index (χ0v) is 20.0. The van der Waals surface area contributed by atoms with Crippen molar-refractivity contribution in [2.75, 3.05) is 13.2 Å². The van der Waals surface area contributed by atoms with Gasteiger partial charge in [0.05, 0.1) is 11.5 Å². The fourth-order valence-corrected chi connectivity index (χ4v) is 4.69. The molecule has 34 heavy (non-hydrogen) atoms. The highest BCUT2D eigenvalue weighted by molar-refractivity contribution is 8.18. The first kappa shape index (κ1) is 24.0. The molecular weight excluding hydrogens is 479 g/mol. The zero-order valence-electron chi connectivity index (χ0n) is 18.4. The number of benzene rings is 2. The summed E-state index contributed by atoms with van der Waals surface area (Å²) in [5.74, 6) is -1.54. The van der Waals surface area contributed by atoms with Crippen LogP contribution in [0.5, 0.6) is 0 Å². The number of carbonyl (C=O) groups is 3. The van der Waals surface area contributed by atoms with E-state index in [0.717, 1.165) is 51.5 Å². The van der Waals surface area contributed by atoms with Crippen molar-refractivity contribution >= 4 is 57.5 Å². The van der Waals surface area contributed by atoms with Crippen LogP contribution in [-0.4, -0.2) is 39.7 Å². The van der Waals surface area contributed by atoms with Crippen molar-refractivity contribution in [1.29, 1.82) is 0 Å². The second-order valence-corrected chi connectivity index (χ2v) is 9.21. The topological polar surface area (TPSA) is 68.6 Å². The molecule has 3 aromatic rings. The molecular formula is C25H22ClFN2O4S. The molecule has 0 bridgehead atoms. The third-order valence-corrected chi connectivity index (χ3v) is 6.64. The molecule has 0 aliphatic carbocycles. The van der Waals surface area contributed by atoms with E-state index in [-0.39, 0.29) is 11.5 Å². The summed E-state index contributed by atoms with van der Waals surface area (Å²) < 4.78 is 20.5. The first-order valence-electron chi connectivity index (χ1n) is 10.8. The standard InChI is InChI=1S/C25H22ClFN2O4S/c1-2-3-10-33-23(30)15-29-24(31)22(34-25(29)32)11-17-14-28(21-7-5-4-6-19(17)21)13-16-8-9-18(27)12-20(16)26/h4-9,11-12,14H,2-3,10,13,15H2,1H3/b22-11-. The van der Waals surface area contributed by atoms with Gasteiger partial charge in [-0.1, -0.05) is 49.2 Å². The summed E-state index contributed by atoms with van der Waals surface area (Å²) in [7, 11) is 0. The minimum absolute atomic E-state index is 0.231. The number of unbranched alkanes of at least 4 members (excludes halogenated alkanes) is 1. The number of rotatable bonds is 8. The van der Waals surface area contributed by atoms with Crippen molar-refractivity contribution in [2.45, 2.75) is 26.3 Å². The second-order valence-electron chi connectivity index (χ2n) is 7.81. The molecule has 6 nitrogen and oxygen atoms in total. The number of amides is 2. The van der Waals surface area contributed by atoms with Crippen molar-refractivity contribution in [3.63, 3.8) is 0 Å². The van der Waals surface area contributed by atoms with Crippen LogP contribution in [0.25, 0.3) is 17.0 Å². The van der Waals surface area contributed by atoms with E-state index in [9.17, 15) is 18.8 Å². The summed E-state index contributed by atoms with van der Waals surface area (Å²) in [6.07, 6.45) is 5.11. The molecule has 1 aliphatic heterocycles. The van der Waals surface area contributed by atoms with Crippen LogP contribution in [0.1, 0.15) is 30.9 Å². The highest BCUT2D eigenvalue weighted by Gasteiger charge is 2.36. The van der Waals surface area contributed by atoms with Gasteiger partial charge in [0, 0.05) is 34.2 Å². The quantitative estimate of drug-likeness (QED) is 0.220. The van der Waals surface area contributed by atoms with Crippen LogP contribution in [-0.2, 0) is 20.9 Å². The fraction of sp³-hybridized carbons (Fsp3) is 0.240. The fourth-order valence-electron chi connectivity index (χ4n) is 3.64. The lowest BCUT2D eigenvalue weighted by atomic mass is 10.1. The number of fused-ring (bicyclic) bond motifs is 1. The summed E-state index contributed by atoms with van der Waals surface area (Å²) >= 11 is 7.01. The van der Waals surface area contributed by atoms with Crippen LogP contribution in [0.4, 0.5) is 9.18 Å². The lowest BCUT2D eigenvalue weighted by molar-refractivity contribution is -0.146. The van der Waals surface area contributed by atoms with E-state index >= 15 is 0 Å². The number of nitrogens with zero attached hydrogens (tertiary/aromatic N) is 2. The summed E-state index contributed by atoms with van der Waals surface area (Å²) in [6.45, 7) is 2.23. The van der Waals surface area contributed by atoms with Crippen molar-refractivity contribution in [2.24, 2.45) is 0 Å². The van der Waals surface area contributed by atoms with E-state index in [4.69, 9.17) is 16.3 Å². The number of esters is 1. The molecule has 2 amide bonds. The molecule has 9 heteroatoms. The van der Waals surface area contributed by atoms with Gasteiger partial charge in [0.25, 0.3) is 11.1 Å². The van der Waals surface area contributed by atoms with Gasteiger partial charge in [0.1, 0.15) is 12.4 Å². The van der Waals surface area contributed by atoms with Gasteiger partial charge < -0.3 is 9.30 Å². The van der Waals surface area contributed by atoms with Gasteiger partial charge in [-0.15, -0.1) is 0 Å². The highest BCUT2D eigenvalue weighted by Crippen LogP contribution is 2.34. The molecule has 1 aliphatic rings. The Kier molecular flexibility index (Phi) is 7.38. The van der Waals surface area contributed by atoms with Gasteiger partial charge in [-0.05, 0) is 48.0 Å². The molecule has 0 spiro atoms. The second kappa shape index (κ2) is 10.4. The number of hydrogen-bond donors (Lipinski definition) is 0. The Labute approximate surface area is 205 Å². The lowest BCUT2D eigenvalue weighted by Gasteiger charge is -2.11. The molecule has 0 radical (unpaired) electrons. The van der Waals surface area contributed by atoms with Crippen molar-refractivity contribution in [1.82, 2.24) is 9.47 Å². The SMILES string of the molecule is CCCCOC(=O)CN1C(=O)S/C(=C\c2cn(Cc3ccc(F)cc3Cl)c3ccccc23)C1=O. The van der Waals surface area contributed by atoms with Crippen molar-refractivity contribution in [3.8, 4) is 0 Å². The van der Waals surface area contributed by atoms with Crippen LogP contribution >= 0.6 is 23.4 Å². The predicted octanol–water partition coefficient (Wildman–Crippen LogP) is 5.86. The van der Waals surface area contributed by atoms with Gasteiger partial charge in [-0.3, -0.25) is 19.3 Å². The largest absolute Gasteiger partial charge is 0.464 e. The molecule has 1 saturated heterocycles. The number of para-hydroxylation sites is 1. The third kappa shape index (κ3) is 5.18. The average molecular weight is 501 g/mol. The molecule has 0 unspecified atom stereocenters. The first-order chi connectivity index (χ1) is 16.4. The maximum Gasteiger partial charge on any atom is 0.326 e. The van der Waals surface area contributed by atoms with E-state index in [1.807, 2.05) is 42.0 Å². The van der Waals surface area contributed by atoms with Gasteiger partial charge in [-0.25, -0.2) is 4.39 Å². The number of ether oxygens (including phenoxy) is 1. The van der Waals surface area contributed by atoms with Crippen LogP contribution in [0.3, 0.4) is 0 Å². The zero-order chi connectivity index (χ0) is 24.2. The van der Waals surface area contributed by atoms with Crippen LogP contribution in [0, 0.1) is 5.82 Å². The number of thioether (sulfide) groups is 1. The molecule has 0 saturated carbocycles. The normalized spacial score (nSPS) is 15.0. The smallest absolute Gasteiger partial charge is 0.326 e. The Morgan fingerprint density at radius 2 is 2.00 bits per heavy atom. The Morgan fingerprint density at radius 3 is 2.76 bits per heavy atom. The van der Waals surface area contributed by atoms with Crippen LogP contribution in [0.15, 0.2) is 53.6 Å². The Balaban J connectivity index is 1.59. The average Bonchev–Trinajstić information content (AvgIpc) is 3.28. The van der Waals surface area contributed by atoms with Gasteiger partial charge in [0.15, 0.2) is 0 Å². The molecule has 0 N–H and O–H groups in total. The van der Waals surface area contributed by atoms with Crippen molar-refractivity contribution in [3.05, 3.63) is 75.5 Å². The minimum Gasteiger partial charge on any atom is -0.464 e. The van der Waals surface area contributed by atoms with Crippen LogP contribution in [0.2, 0.25) is 5.02 Å². The lowest BCUT2D eigenvalue weighted by Crippen LogP contribution is -2.34. The Bertz CT molecular complexity index is 1300. The molecule has 1 aromatic heterocycles. The summed E-state index contributed by atoms with van der Waals surface area (Å²) in [5, 5.41) is 0.698. The monoisotopic (exact) mass is 500 g/mol. The third-order valence-electron chi connectivity index (χ3n) is 5.38. The Hall–Kier alpha value is -3.10. The minimum atomic E-state index is -0.607. The molecule has 2 heterocycles. The summed E-state index contributed by atoms with van der Waals surface area (Å²) in [5.41, 5.74) is 2.38. The van der Waals surface area contributed by atoms with Gasteiger partial charge in [-0.2, -0.15) is 0 Å². The number of carbonyl (C=O) groups excluding carboxylic acids is 3.